The average Bonchev–Trinajstić information content (AvgIpc) is 3.01. The lowest BCUT2D eigenvalue weighted by Crippen LogP contribution is -2.05. The molecule has 23 heavy (non-hydrogen) atoms. The summed E-state index contributed by atoms with van der Waals surface area (Å²) in [5.74, 6) is -0.279. The lowest BCUT2D eigenvalue weighted by molar-refractivity contribution is 0.0527. The first kappa shape index (κ1) is 15.1. The molecule has 1 heterocycles. The minimum absolute atomic E-state index is 0.279. The van der Waals surface area contributed by atoms with Crippen LogP contribution in [0.25, 0.3) is 11.1 Å². The predicted octanol–water partition coefficient (Wildman–Crippen LogP) is 4.38. The molecule has 2 aromatic carbocycles. The van der Waals surface area contributed by atoms with Crippen LogP contribution in [0.1, 0.15) is 22.8 Å². The molecule has 0 radical (unpaired) electrons. The predicted molar refractivity (Wildman–Crippen MR) is 91.4 cm³/mol. The SMILES string of the molecule is CCOC(=O)c1cn(Cc2ccccc2)cc1-c1ccccc1. The highest BCUT2D eigenvalue weighted by molar-refractivity contribution is 5.97. The molecule has 3 aromatic rings. The van der Waals surface area contributed by atoms with E-state index in [2.05, 4.69) is 12.1 Å². The van der Waals surface area contributed by atoms with Crippen molar-refractivity contribution in [2.45, 2.75) is 13.5 Å². The van der Waals surface area contributed by atoms with Crippen molar-refractivity contribution in [1.29, 1.82) is 0 Å². The summed E-state index contributed by atoms with van der Waals surface area (Å²) in [5, 5.41) is 0. The standard InChI is InChI=1S/C20H19NO2/c1-2-23-20(22)19-15-21(13-16-9-5-3-6-10-16)14-18(19)17-11-7-4-8-12-17/h3-12,14-15H,2,13H2,1H3. The van der Waals surface area contributed by atoms with Crippen molar-refractivity contribution in [1.82, 2.24) is 4.57 Å². The second-order valence-corrected chi connectivity index (χ2v) is 5.33. The first-order chi connectivity index (χ1) is 11.3. The molecule has 1 aromatic heterocycles. The van der Waals surface area contributed by atoms with Crippen LogP contribution < -0.4 is 0 Å². The number of carbonyl (C=O) groups is 1. The number of aromatic nitrogens is 1. The van der Waals surface area contributed by atoms with Crippen molar-refractivity contribution in [3.63, 3.8) is 0 Å². The maximum Gasteiger partial charge on any atom is 0.340 e. The molecule has 0 aliphatic heterocycles. The fourth-order valence-electron chi connectivity index (χ4n) is 2.61. The van der Waals surface area contributed by atoms with Gasteiger partial charge in [-0.25, -0.2) is 4.79 Å². The van der Waals surface area contributed by atoms with Crippen molar-refractivity contribution in [2.75, 3.05) is 6.61 Å². The summed E-state index contributed by atoms with van der Waals surface area (Å²) in [7, 11) is 0. The molecule has 3 heteroatoms. The Morgan fingerprint density at radius 1 is 0.957 bits per heavy atom. The Hall–Kier alpha value is -2.81. The van der Waals surface area contributed by atoms with Gasteiger partial charge < -0.3 is 9.30 Å². The van der Waals surface area contributed by atoms with Crippen LogP contribution in [0.3, 0.4) is 0 Å². The molecule has 0 saturated heterocycles. The van der Waals surface area contributed by atoms with Crippen LogP contribution in [0.2, 0.25) is 0 Å². The van der Waals surface area contributed by atoms with Gasteiger partial charge in [0.05, 0.1) is 12.2 Å². The lowest BCUT2D eigenvalue weighted by atomic mass is 10.1. The first-order valence-electron chi connectivity index (χ1n) is 7.74. The van der Waals surface area contributed by atoms with Gasteiger partial charge in [-0.1, -0.05) is 60.7 Å². The van der Waals surface area contributed by atoms with Gasteiger partial charge in [-0.3, -0.25) is 0 Å². The summed E-state index contributed by atoms with van der Waals surface area (Å²) in [4.78, 5) is 12.3. The number of hydrogen-bond donors (Lipinski definition) is 0. The number of carbonyl (C=O) groups excluding carboxylic acids is 1. The Kier molecular flexibility index (Phi) is 4.57. The topological polar surface area (TPSA) is 31.2 Å². The van der Waals surface area contributed by atoms with E-state index >= 15 is 0 Å². The van der Waals surface area contributed by atoms with Gasteiger partial charge in [0.2, 0.25) is 0 Å². The van der Waals surface area contributed by atoms with Crippen LogP contribution in [-0.2, 0) is 11.3 Å². The van der Waals surface area contributed by atoms with E-state index in [-0.39, 0.29) is 5.97 Å². The van der Waals surface area contributed by atoms with Gasteiger partial charge in [0.1, 0.15) is 0 Å². The second-order valence-electron chi connectivity index (χ2n) is 5.33. The summed E-state index contributed by atoms with van der Waals surface area (Å²) in [6.07, 6.45) is 3.88. The maximum atomic E-state index is 12.3. The molecule has 0 spiro atoms. The Labute approximate surface area is 136 Å². The van der Waals surface area contributed by atoms with E-state index in [0.717, 1.165) is 17.7 Å². The van der Waals surface area contributed by atoms with Gasteiger partial charge >= 0.3 is 5.97 Å². The van der Waals surface area contributed by atoms with Crippen molar-refractivity contribution in [3.8, 4) is 11.1 Å². The minimum atomic E-state index is -0.279. The Morgan fingerprint density at radius 3 is 2.26 bits per heavy atom. The van der Waals surface area contributed by atoms with Crippen LogP contribution in [-0.4, -0.2) is 17.1 Å². The quantitative estimate of drug-likeness (QED) is 0.655. The monoisotopic (exact) mass is 305 g/mol. The zero-order chi connectivity index (χ0) is 16.1. The molecule has 3 rings (SSSR count). The van der Waals surface area contributed by atoms with E-state index in [1.54, 1.807) is 0 Å². The van der Waals surface area contributed by atoms with E-state index in [1.165, 1.54) is 5.56 Å². The summed E-state index contributed by atoms with van der Waals surface area (Å²) in [5.41, 5.74) is 3.72. The molecule has 0 aliphatic carbocycles. The minimum Gasteiger partial charge on any atom is -0.462 e. The molecule has 0 amide bonds. The number of esters is 1. The summed E-state index contributed by atoms with van der Waals surface area (Å²) in [6, 6.07) is 20.1. The van der Waals surface area contributed by atoms with E-state index < -0.39 is 0 Å². The maximum absolute atomic E-state index is 12.3. The van der Waals surface area contributed by atoms with E-state index in [4.69, 9.17) is 4.74 Å². The van der Waals surface area contributed by atoms with Crippen molar-refractivity contribution in [3.05, 3.63) is 84.2 Å². The molecule has 0 fully saturated rings. The highest BCUT2D eigenvalue weighted by Crippen LogP contribution is 2.26. The van der Waals surface area contributed by atoms with Crippen LogP contribution in [0, 0.1) is 0 Å². The van der Waals surface area contributed by atoms with E-state index in [1.807, 2.05) is 72.4 Å². The molecule has 116 valence electrons. The van der Waals surface area contributed by atoms with Gasteiger partial charge in [-0.2, -0.15) is 0 Å². The zero-order valence-corrected chi connectivity index (χ0v) is 13.1. The third kappa shape index (κ3) is 3.51. The molecular weight excluding hydrogens is 286 g/mol. The largest absolute Gasteiger partial charge is 0.462 e. The Balaban J connectivity index is 1.98. The highest BCUT2D eigenvalue weighted by Gasteiger charge is 2.17. The Bertz CT molecular complexity index is 776. The third-order valence-corrected chi connectivity index (χ3v) is 3.67. The summed E-state index contributed by atoms with van der Waals surface area (Å²) < 4.78 is 7.23. The zero-order valence-electron chi connectivity index (χ0n) is 13.1. The van der Waals surface area contributed by atoms with Gasteiger partial charge in [-0.15, -0.1) is 0 Å². The average molecular weight is 305 g/mol. The fourth-order valence-corrected chi connectivity index (χ4v) is 2.61. The highest BCUT2D eigenvalue weighted by atomic mass is 16.5. The number of benzene rings is 2. The molecular formula is C20H19NO2. The van der Waals surface area contributed by atoms with Crippen LogP contribution >= 0.6 is 0 Å². The van der Waals surface area contributed by atoms with Gasteiger partial charge in [0.15, 0.2) is 0 Å². The number of ether oxygens (including phenoxy) is 1. The van der Waals surface area contributed by atoms with Crippen molar-refractivity contribution >= 4 is 5.97 Å². The van der Waals surface area contributed by atoms with Crippen molar-refractivity contribution in [2.24, 2.45) is 0 Å². The van der Waals surface area contributed by atoms with Crippen LogP contribution in [0.15, 0.2) is 73.1 Å². The number of rotatable bonds is 5. The Morgan fingerprint density at radius 2 is 1.61 bits per heavy atom. The summed E-state index contributed by atoms with van der Waals surface area (Å²) in [6.45, 7) is 2.91. The lowest BCUT2D eigenvalue weighted by Gasteiger charge is -2.03. The van der Waals surface area contributed by atoms with Crippen molar-refractivity contribution < 1.29 is 9.53 Å². The molecule has 0 unspecified atom stereocenters. The van der Waals surface area contributed by atoms with E-state index in [0.29, 0.717) is 12.2 Å². The smallest absolute Gasteiger partial charge is 0.340 e. The molecule has 0 aliphatic rings. The number of nitrogens with zero attached hydrogens (tertiary/aromatic N) is 1. The fraction of sp³-hybridized carbons (Fsp3) is 0.150. The molecule has 0 N–H and O–H groups in total. The third-order valence-electron chi connectivity index (χ3n) is 3.67. The molecule has 0 atom stereocenters. The normalized spacial score (nSPS) is 10.5. The first-order valence-corrected chi connectivity index (χ1v) is 7.74. The molecule has 0 bridgehead atoms. The van der Waals surface area contributed by atoms with Gasteiger partial charge in [0, 0.05) is 24.5 Å². The number of hydrogen-bond acceptors (Lipinski definition) is 2. The van der Waals surface area contributed by atoms with Crippen LogP contribution in [0.4, 0.5) is 0 Å². The van der Waals surface area contributed by atoms with Gasteiger partial charge in [-0.05, 0) is 18.1 Å². The van der Waals surface area contributed by atoms with E-state index in [9.17, 15) is 4.79 Å². The van der Waals surface area contributed by atoms with Crippen LogP contribution in [0.5, 0.6) is 0 Å². The molecule has 3 nitrogen and oxygen atoms in total. The second kappa shape index (κ2) is 6.97. The molecule has 0 saturated carbocycles. The summed E-state index contributed by atoms with van der Waals surface area (Å²) >= 11 is 0. The van der Waals surface area contributed by atoms with Gasteiger partial charge in [0.25, 0.3) is 0 Å².